The van der Waals surface area contributed by atoms with Crippen molar-refractivity contribution in [1.29, 1.82) is 0 Å². The van der Waals surface area contributed by atoms with E-state index in [4.69, 9.17) is 28.3 Å². The molecular formula is C14H16Cl2N2O2. The minimum absolute atomic E-state index is 0.140. The van der Waals surface area contributed by atoms with Gasteiger partial charge >= 0.3 is 0 Å². The number of rotatable bonds is 3. The fourth-order valence-corrected chi connectivity index (χ4v) is 1.96. The van der Waals surface area contributed by atoms with E-state index in [0.717, 1.165) is 5.56 Å². The van der Waals surface area contributed by atoms with Gasteiger partial charge in [0.2, 0.25) is 0 Å². The maximum Gasteiger partial charge on any atom is 0.155 e. The van der Waals surface area contributed by atoms with Crippen LogP contribution in [0.3, 0.4) is 0 Å². The molecular weight excluding hydrogens is 299 g/mol. The van der Waals surface area contributed by atoms with E-state index in [-0.39, 0.29) is 16.9 Å². The smallest absolute Gasteiger partial charge is 0.155 e. The van der Waals surface area contributed by atoms with Gasteiger partial charge in [0.05, 0.1) is 6.20 Å². The minimum Gasteiger partial charge on any atom is -0.397 e. The van der Waals surface area contributed by atoms with Crippen molar-refractivity contribution < 1.29 is 10.2 Å². The van der Waals surface area contributed by atoms with Crippen LogP contribution < -0.4 is 0 Å². The molecule has 2 aromatic rings. The van der Waals surface area contributed by atoms with Crippen molar-refractivity contribution in [2.45, 2.75) is 19.4 Å². The second-order valence-corrected chi connectivity index (χ2v) is 4.64. The van der Waals surface area contributed by atoms with E-state index in [0.29, 0.717) is 12.1 Å². The highest BCUT2D eigenvalue weighted by Crippen LogP contribution is 2.23. The zero-order valence-electron chi connectivity index (χ0n) is 11.0. The molecule has 20 heavy (non-hydrogen) atoms. The van der Waals surface area contributed by atoms with Crippen molar-refractivity contribution in [2.75, 3.05) is 6.61 Å². The van der Waals surface area contributed by atoms with Crippen molar-refractivity contribution in [2.24, 2.45) is 0 Å². The van der Waals surface area contributed by atoms with Gasteiger partial charge in [-0.2, -0.15) is 0 Å². The molecule has 0 saturated heterocycles. The largest absolute Gasteiger partial charge is 0.397 e. The third kappa shape index (κ3) is 5.43. The normalized spacial score (nSPS) is 11.4. The van der Waals surface area contributed by atoms with E-state index >= 15 is 0 Å². The Morgan fingerprint density at radius 3 is 2.35 bits per heavy atom. The Bertz CT molecular complexity index is 524. The van der Waals surface area contributed by atoms with Crippen LogP contribution >= 0.6 is 23.2 Å². The molecule has 0 aliphatic carbocycles. The molecule has 0 bridgehead atoms. The summed E-state index contributed by atoms with van der Waals surface area (Å²) >= 11 is 11.5. The van der Waals surface area contributed by atoms with E-state index < -0.39 is 6.10 Å². The number of aromatic nitrogens is 2. The first-order chi connectivity index (χ1) is 9.58. The fourth-order valence-electron chi connectivity index (χ4n) is 1.51. The quantitative estimate of drug-likeness (QED) is 0.913. The summed E-state index contributed by atoms with van der Waals surface area (Å²) < 4.78 is 0. The molecule has 0 aliphatic rings. The van der Waals surface area contributed by atoms with Gasteiger partial charge in [0, 0.05) is 13.0 Å². The van der Waals surface area contributed by atoms with Crippen LogP contribution in [0.1, 0.15) is 24.3 Å². The van der Waals surface area contributed by atoms with Crippen LogP contribution in [-0.4, -0.2) is 26.8 Å². The van der Waals surface area contributed by atoms with Crippen molar-refractivity contribution in [3.05, 3.63) is 58.1 Å². The Labute approximate surface area is 128 Å². The van der Waals surface area contributed by atoms with Gasteiger partial charge < -0.3 is 10.2 Å². The number of hydrogen-bond acceptors (Lipinski definition) is 4. The summed E-state index contributed by atoms with van der Waals surface area (Å²) in [6.07, 6.45) is 1.03. The van der Waals surface area contributed by atoms with E-state index in [9.17, 15) is 5.11 Å². The molecule has 0 aliphatic heterocycles. The lowest BCUT2D eigenvalue weighted by Crippen LogP contribution is -2.06. The van der Waals surface area contributed by atoms with Gasteiger partial charge in [-0.05, 0) is 12.5 Å². The standard InChI is InChI=1S/C12H10Cl2N2O.C2H6O/c13-10-7-15-11(12(14)16-10)9(17)6-8-4-2-1-3-5-8;1-2-3/h1-5,7,9,17H,6H2;3H,2H2,1H3. The molecule has 1 atom stereocenters. The van der Waals surface area contributed by atoms with E-state index in [1.54, 1.807) is 6.92 Å². The Balaban J connectivity index is 0.000000612. The molecule has 1 heterocycles. The zero-order valence-corrected chi connectivity index (χ0v) is 12.5. The second kappa shape index (κ2) is 8.87. The Morgan fingerprint density at radius 2 is 1.80 bits per heavy atom. The second-order valence-electron chi connectivity index (χ2n) is 3.89. The van der Waals surface area contributed by atoms with Crippen LogP contribution in [0.5, 0.6) is 0 Å². The maximum atomic E-state index is 10.0. The van der Waals surface area contributed by atoms with Crippen LogP contribution in [-0.2, 0) is 6.42 Å². The first kappa shape index (κ1) is 16.9. The van der Waals surface area contributed by atoms with Gasteiger partial charge in [-0.25, -0.2) is 4.98 Å². The molecule has 1 aromatic carbocycles. The first-order valence-electron chi connectivity index (χ1n) is 6.09. The Kier molecular flexibility index (Phi) is 7.47. The van der Waals surface area contributed by atoms with E-state index in [1.165, 1.54) is 6.20 Å². The molecule has 1 unspecified atom stereocenters. The summed E-state index contributed by atoms with van der Waals surface area (Å²) in [6.45, 7) is 1.93. The zero-order chi connectivity index (χ0) is 15.0. The highest BCUT2D eigenvalue weighted by atomic mass is 35.5. The number of halogens is 2. The monoisotopic (exact) mass is 314 g/mol. The lowest BCUT2D eigenvalue weighted by atomic mass is 10.1. The molecule has 4 nitrogen and oxygen atoms in total. The maximum absolute atomic E-state index is 10.0. The number of aliphatic hydroxyl groups excluding tert-OH is 2. The predicted molar refractivity (Wildman–Crippen MR) is 79.9 cm³/mol. The predicted octanol–water partition coefficient (Wildman–Crippen LogP) is 3.06. The summed E-state index contributed by atoms with van der Waals surface area (Å²) in [5.41, 5.74) is 1.35. The highest BCUT2D eigenvalue weighted by Gasteiger charge is 2.15. The van der Waals surface area contributed by atoms with Crippen LogP contribution in [0.4, 0.5) is 0 Å². The molecule has 0 spiro atoms. The van der Waals surface area contributed by atoms with Crippen LogP contribution in [0.15, 0.2) is 36.5 Å². The molecule has 1 aromatic heterocycles. The number of aliphatic hydroxyl groups is 2. The summed E-state index contributed by atoms with van der Waals surface area (Å²) in [6, 6.07) is 9.61. The molecule has 6 heteroatoms. The fraction of sp³-hybridized carbons (Fsp3) is 0.286. The molecule has 0 radical (unpaired) electrons. The lowest BCUT2D eigenvalue weighted by molar-refractivity contribution is 0.173. The SMILES string of the molecule is CCO.OC(Cc1ccccc1)c1ncc(Cl)nc1Cl. The van der Waals surface area contributed by atoms with Crippen molar-refractivity contribution in [3.8, 4) is 0 Å². The van der Waals surface area contributed by atoms with Gasteiger partial charge in [0.1, 0.15) is 17.0 Å². The summed E-state index contributed by atoms with van der Waals surface area (Å²) in [4.78, 5) is 7.84. The van der Waals surface area contributed by atoms with E-state index in [1.807, 2.05) is 30.3 Å². The summed E-state index contributed by atoms with van der Waals surface area (Å²) in [5.74, 6) is 0. The Hall–Kier alpha value is -1.20. The first-order valence-corrected chi connectivity index (χ1v) is 6.84. The molecule has 2 N–H and O–H groups in total. The molecule has 2 rings (SSSR count). The third-order valence-electron chi connectivity index (χ3n) is 2.31. The highest BCUT2D eigenvalue weighted by molar-refractivity contribution is 6.32. The number of benzene rings is 1. The van der Waals surface area contributed by atoms with Gasteiger partial charge in [0.25, 0.3) is 0 Å². The topological polar surface area (TPSA) is 66.2 Å². The van der Waals surface area contributed by atoms with Gasteiger partial charge in [-0.15, -0.1) is 0 Å². The van der Waals surface area contributed by atoms with Gasteiger partial charge in [-0.1, -0.05) is 53.5 Å². The molecule has 0 amide bonds. The van der Waals surface area contributed by atoms with Crippen molar-refractivity contribution >= 4 is 23.2 Å². The molecule has 0 saturated carbocycles. The summed E-state index contributed by atoms with van der Waals surface area (Å²) in [7, 11) is 0. The van der Waals surface area contributed by atoms with Crippen LogP contribution in [0.2, 0.25) is 10.3 Å². The van der Waals surface area contributed by atoms with Crippen LogP contribution in [0.25, 0.3) is 0 Å². The molecule has 108 valence electrons. The number of nitrogens with zero attached hydrogens (tertiary/aromatic N) is 2. The van der Waals surface area contributed by atoms with Gasteiger partial charge in [-0.3, -0.25) is 4.98 Å². The minimum atomic E-state index is -0.783. The van der Waals surface area contributed by atoms with E-state index in [2.05, 4.69) is 9.97 Å². The lowest BCUT2D eigenvalue weighted by Gasteiger charge is -2.11. The average Bonchev–Trinajstić information content (AvgIpc) is 2.40. The molecule has 0 fully saturated rings. The van der Waals surface area contributed by atoms with Crippen LogP contribution in [0, 0.1) is 0 Å². The Morgan fingerprint density at radius 1 is 1.20 bits per heavy atom. The average molecular weight is 315 g/mol. The third-order valence-corrected chi connectivity index (χ3v) is 2.77. The van der Waals surface area contributed by atoms with Crippen molar-refractivity contribution in [1.82, 2.24) is 9.97 Å². The van der Waals surface area contributed by atoms with Gasteiger partial charge in [0.15, 0.2) is 5.15 Å². The summed E-state index contributed by atoms with van der Waals surface area (Å²) in [5, 5.41) is 17.9. The number of hydrogen-bond donors (Lipinski definition) is 2. The van der Waals surface area contributed by atoms with Crippen molar-refractivity contribution in [3.63, 3.8) is 0 Å².